The average Bonchev–Trinajstić information content (AvgIpc) is 2.80. The molecular weight excluding hydrogens is 264 g/mol. The molecule has 5 nitrogen and oxygen atoms in total. The first-order chi connectivity index (χ1) is 9.11. The summed E-state index contributed by atoms with van der Waals surface area (Å²) in [5.41, 5.74) is 1.13. The van der Waals surface area contributed by atoms with Crippen LogP contribution in [0.5, 0.6) is 0 Å². The van der Waals surface area contributed by atoms with Gasteiger partial charge in [-0.05, 0) is 12.1 Å². The minimum atomic E-state index is -1.07. The molecule has 0 bridgehead atoms. The van der Waals surface area contributed by atoms with Crippen molar-refractivity contribution in [3.63, 3.8) is 0 Å². The molecule has 0 N–H and O–H groups in total. The molecule has 96 valence electrons. The van der Waals surface area contributed by atoms with Crippen LogP contribution in [0.1, 0.15) is 18.7 Å². The van der Waals surface area contributed by atoms with Crippen molar-refractivity contribution in [2.24, 2.45) is 0 Å². The average molecular weight is 274 g/mol. The van der Waals surface area contributed by atoms with E-state index in [1.54, 1.807) is 24.3 Å². The number of carbonyl (C=O) groups is 2. The fourth-order valence-corrected chi connectivity index (χ4v) is 2.05. The molecule has 0 aliphatic carbocycles. The molecule has 0 amide bonds. The third kappa shape index (κ3) is 3.01. The van der Waals surface area contributed by atoms with E-state index < -0.39 is 5.92 Å². The van der Waals surface area contributed by atoms with Crippen LogP contribution in [-0.4, -0.2) is 21.6 Å². The number of fused-ring (bicyclic) bond motifs is 1. The summed E-state index contributed by atoms with van der Waals surface area (Å²) in [4.78, 5) is 26.8. The third-order valence-electron chi connectivity index (χ3n) is 2.43. The summed E-state index contributed by atoms with van der Waals surface area (Å²) >= 11 is 0.876. The first-order valence-corrected chi connectivity index (χ1v) is 6.51. The van der Waals surface area contributed by atoms with Gasteiger partial charge < -0.3 is 4.42 Å². The van der Waals surface area contributed by atoms with E-state index in [9.17, 15) is 9.59 Å². The zero-order valence-corrected chi connectivity index (χ0v) is 10.9. The van der Waals surface area contributed by atoms with Crippen LogP contribution >= 0.6 is 11.8 Å². The second-order valence-corrected chi connectivity index (χ2v) is 4.98. The molecule has 2 aromatic rings. The van der Waals surface area contributed by atoms with Crippen LogP contribution in [0.15, 0.2) is 28.7 Å². The van der Waals surface area contributed by atoms with Gasteiger partial charge in [0.05, 0.1) is 11.8 Å². The number of Topliss-reactive ketones (excluding diaryl/α,β-unsaturated/α-hetero) is 1. The zero-order valence-electron chi connectivity index (χ0n) is 10.1. The van der Waals surface area contributed by atoms with Crippen LogP contribution in [-0.2, 0) is 9.59 Å². The number of rotatable bonds is 4. The van der Waals surface area contributed by atoms with Gasteiger partial charge >= 0.3 is 0 Å². The van der Waals surface area contributed by atoms with Crippen LogP contribution in [0.2, 0.25) is 0 Å². The number of carbonyl (C=O) groups excluding carboxylic acids is 2. The minimum Gasteiger partial charge on any atom is -0.439 e. The van der Waals surface area contributed by atoms with Crippen LogP contribution in [0.3, 0.4) is 0 Å². The number of para-hydroxylation sites is 2. The van der Waals surface area contributed by atoms with E-state index in [4.69, 9.17) is 9.68 Å². The van der Waals surface area contributed by atoms with Gasteiger partial charge in [0.25, 0.3) is 0 Å². The number of hydrogen-bond donors (Lipinski definition) is 0. The van der Waals surface area contributed by atoms with Gasteiger partial charge in [0, 0.05) is 6.92 Å². The number of benzene rings is 1. The van der Waals surface area contributed by atoms with Crippen LogP contribution < -0.4 is 0 Å². The minimum absolute atomic E-state index is 0.0493. The molecule has 0 radical (unpaired) electrons. The van der Waals surface area contributed by atoms with Crippen molar-refractivity contribution in [3.05, 3.63) is 30.2 Å². The second-order valence-electron chi connectivity index (χ2n) is 3.83. The number of ketones is 1. The van der Waals surface area contributed by atoms with E-state index in [2.05, 4.69) is 4.98 Å². The van der Waals surface area contributed by atoms with E-state index in [-0.39, 0.29) is 22.5 Å². The van der Waals surface area contributed by atoms with E-state index in [1.807, 2.05) is 6.07 Å². The Balaban J connectivity index is 2.24. The SMILES string of the molecule is CC(=O)SCC(=O)[C@@H](C#N)c1nc2ccccc2o1. The van der Waals surface area contributed by atoms with E-state index in [0.717, 1.165) is 11.8 Å². The van der Waals surface area contributed by atoms with E-state index in [1.165, 1.54) is 6.92 Å². The smallest absolute Gasteiger partial charge is 0.220 e. The maximum Gasteiger partial charge on any atom is 0.220 e. The molecule has 0 saturated carbocycles. The van der Waals surface area contributed by atoms with Gasteiger partial charge in [-0.2, -0.15) is 5.26 Å². The van der Waals surface area contributed by atoms with Crippen molar-refractivity contribution in [2.75, 3.05) is 5.75 Å². The topological polar surface area (TPSA) is 84.0 Å². The van der Waals surface area contributed by atoms with Crippen molar-refractivity contribution in [1.82, 2.24) is 4.98 Å². The molecule has 2 rings (SSSR count). The van der Waals surface area contributed by atoms with Crippen molar-refractivity contribution in [2.45, 2.75) is 12.8 Å². The highest BCUT2D eigenvalue weighted by atomic mass is 32.2. The lowest BCUT2D eigenvalue weighted by molar-refractivity contribution is -0.117. The molecule has 1 heterocycles. The quantitative estimate of drug-likeness (QED) is 0.850. The van der Waals surface area contributed by atoms with Crippen LogP contribution in [0.4, 0.5) is 0 Å². The normalized spacial score (nSPS) is 12.0. The lowest BCUT2D eigenvalue weighted by Gasteiger charge is -2.02. The summed E-state index contributed by atoms with van der Waals surface area (Å²) < 4.78 is 5.40. The molecule has 0 aliphatic rings. The molecule has 0 spiro atoms. The van der Waals surface area contributed by atoms with Crippen molar-refractivity contribution in [3.8, 4) is 6.07 Å². The molecule has 1 aromatic heterocycles. The molecule has 19 heavy (non-hydrogen) atoms. The molecule has 0 saturated heterocycles. The summed E-state index contributed by atoms with van der Waals surface area (Å²) in [5.74, 6) is -1.42. The lowest BCUT2D eigenvalue weighted by atomic mass is 10.1. The van der Waals surface area contributed by atoms with Crippen LogP contribution in [0, 0.1) is 11.3 Å². The summed E-state index contributed by atoms with van der Waals surface area (Å²) in [6, 6.07) is 8.91. The Hall–Kier alpha value is -2.13. The number of thioether (sulfide) groups is 1. The van der Waals surface area contributed by atoms with Crippen molar-refractivity contribution < 1.29 is 14.0 Å². The van der Waals surface area contributed by atoms with Gasteiger partial charge in [-0.1, -0.05) is 23.9 Å². The molecule has 1 aromatic carbocycles. The maximum atomic E-state index is 11.9. The Kier molecular flexibility index (Phi) is 3.97. The number of nitriles is 1. The van der Waals surface area contributed by atoms with Gasteiger partial charge in [-0.15, -0.1) is 0 Å². The zero-order chi connectivity index (χ0) is 13.8. The summed E-state index contributed by atoms with van der Waals surface area (Å²) in [6.45, 7) is 1.37. The van der Waals surface area contributed by atoms with Crippen molar-refractivity contribution in [1.29, 1.82) is 5.26 Å². The molecular formula is C13H10N2O3S. The standard InChI is InChI=1S/C13H10N2O3S/c1-8(16)19-7-11(17)9(6-14)13-15-10-4-2-3-5-12(10)18-13/h2-5,9H,7H2,1H3/t9-/m1/s1. The van der Waals surface area contributed by atoms with Gasteiger partial charge in [0.2, 0.25) is 5.89 Å². The van der Waals surface area contributed by atoms with Crippen molar-refractivity contribution >= 4 is 33.8 Å². The van der Waals surface area contributed by atoms with Gasteiger partial charge in [0.1, 0.15) is 5.52 Å². The predicted molar refractivity (Wildman–Crippen MR) is 70.5 cm³/mol. The Morgan fingerprint density at radius 2 is 2.21 bits per heavy atom. The number of aromatic nitrogens is 1. The second kappa shape index (κ2) is 5.67. The third-order valence-corrected chi connectivity index (χ3v) is 3.26. The first-order valence-electron chi connectivity index (χ1n) is 5.53. The molecule has 0 unspecified atom stereocenters. The highest BCUT2D eigenvalue weighted by Crippen LogP contribution is 2.23. The molecule has 0 fully saturated rings. The van der Waals surface area contributed by atoms with Crippen LogP contribution in [0.25, 0.3) is 11.1 Å². The number of nitrogens with zero attached hydrogens (tertiary/aromatic N) is 2. The van der Waals surface area contributed by atoms with Gasteiger partial charge in [-0.3, -0.25) is 9.59 Å². The fourth-order valence-electron chi connectivity index (χ4n) is 1.53. The Morgan fingerprint density at radius 3 is 2.84 bits per heavy atom. The molecule has 6 heteroatoms. The number of hydrogen-bond acceptors (Lipinski definition) is 6. The van der Waals surface area contributed by atoms with E-state index >= 15 is 0 Å². The maximum absolute atomic E-state index is 11.9. The highest BCUT2D eigenvalue weighted by Gasteiger charge is 2.25. The monoisotopic (exact) mass is 274 g/mol. The van der Waals surface area contributed by atoms with Gasteiger partial charge in [-0.25, -0.2) is 4.98 Å². The Bertz CT molecular complexity index is 639. The largest absolute Gasteiger partial charge is 0.439 e. The van der Waals surface area contributed by atoms with E-state index in [0.29, 0.717) is 11.1 Å². The molecule has 1 atom stereocenters. The Labute approximate surface area is 113 Å². The number of oxazole rings is 1. The highest BCUT2D eigenvalue weighted by molar-refractivity contribution is 8.14. The predicted octanol–water partition coefficient (Wildman–Crippen LogP) is 2.28. The molecule has 0 aliphatic heterocycles. The first kappa shape index (κ1) is 13.3. The summed E-state index contributed by atoms with van der Waals surface area (Å²) in [7, 11) is 0. The van der Waals surface area contributed by atoms with Gasteiger partial charge in [0.15, 0.2) is 22.4 Å². The fraction of sp³-hybridized carbons (Fsp3) is 0.231. The summed E-state index contributed by atoms with van der Waals surface area (Å²) in [5, 5.41) is 8.91. The summed E-state index contributed by atoms with van der Waals surface area (Å²) in [6.07, 6.45) is 0. The lowest BCUT2D eigenvalue weighted by Crippen LogP contribution is -2.14. The Morgan fingerprint density at radius 1 is 1.47 bits per heavy atom.